The lowest BCUT2D eigenvalue weighted by Gasteiger charge is -1.83. The van der Waals surface area contributed by atoms with E-state index >= 15 is 0 Å². The molecule has 0 spiro atoms. The number of esters is 2. The van der Waals surface area contributed by atoms with Crippen LogP contribution in [-0.4, -0.2) is 26.2 Å². The molecule has 0 saturated carbocycles. The van der Waals surface area contributed by atoms with Gasteiger partial charge in [0.1, 0.15) is 0 Å². The van der Waals surface area contributed by atoms with Gasteiger partial charge in [-0.05, 0) is 0 Å². The van der Waals surface area contributed by atoms with E-state index in [0.717, 1.165) is 6.08 Å². The van der Waals surface area contributed by atoms with Gasteiger partial charge in [0.25, 0.3) is 0 Å². The maximum atomic E-state index is 9.84. The zero-order chi connectivity index (χ0) is 9.28. The third-order valence-electron chi connectivity index (χ3n) is 0.655. The molecule has 64 valence electrons. The number of ether oxygens (including phenoxy) is 2. The van der Waals surface area contributed by atoms with Gasteiger partial charge in [0, 0.05) is 13.0 Å². The van der Waals surface area contributed by atoms with Crippen molar-refractivity contribution < 1.29 is 19.1 Å². The highest BCUT2D eigenvalue weighted by Gasteiger charge is 1.81. The van der Waals surface area contributed by atoms with Crippen molar-refractivity contribution in [3.8, 4) is 0 Å². The maximum absolute atomic E-state index is 9.84. The maximum Gasteiger partial charge on any atom is 0.329 e. The minimum Gasteiger partial charge on any atom is -0.469 e. The minimum atomic E-state index is -0.394. The predicted octanol–water partition coefficient (Wildman–Crippen LogP) is 0.525. The first-order chi connectivity index (χ1) is 5.08. The first kappa shape index (κ1) is 12.4. The molecule has 0 aromatic heterocycles. The van der Waals surface area contributed by atoms with Crippen LogP contribution in [-0.2, 0) is 19.1 Å². The van der Waals surface area contributed by atoms with Crippen LogP contribution in [0.3, 0.4) is 0 Å². The van der Waals surface area contributed by atoms with Crippen LogP contribution < -0.4 is 0 Å². The average Bonchev–Trinajstić information content (AvgIpc) is 2.04. The Kier molecular flexibility index (Phi) is 9.76. The van der Waals surface area contributed by atoms with Crippen LogP contribution in [0.15, 0.2) is 12.7 Å². The molecule has 0 radical (unpaired) electrons. The van der Waals surface area contributed by atoms with Gasteiger partial charge in [-0.15, -0.1) is 0 Å². The molecule has 11 heavy (non-hydrogen) atoms. The molecular weight excluding hydrogens is 148 g/mol. The Morgan fingerprint density at radius 3 is 1.64 bits per heavy atom. The Morgan fingerprint density at radius 1 is 1.27 bits per heavy atom. The molecular formula is C7H12O4. The summed E-state index contributed by atoms with van der Waals surface area (Å²) in [5.41, 5.74) is 0. The predicted molar refractivity (Wildman–Crippen MR) is 39.9 cm³/mol. The normalized spacial score (nSPS) is 6.82. The number of carbonyl (C=O) groups is 2. The fourth-order valence-corrected chi connectivity index (χ4v) is 0.0833. The molecule has 4 heteroatoms. The summed E-state index contributed by atoms with van der Waals surface area (Å²) in [7, 11) is 2.66. The molecule has 0 aliphatic rings. The van der Waals surface area contributed by atoms with E-state index in [2.05, 4.69) is 16.1 Å². The summed E-state index contributed by atoms with van der Waals surface area (Å²) in [6, 6.07) is 0. The van der Waals surface area contributed by atoms with Crippen molar-refractivity contribution in [3.05, 3.63) is 12.7 Å². The summed E-state index contributed by atoms with van der Waals surface area (Å²) >= 11 is 0. The molecule has 4 nitrogen and oxygen atoms in total. The van der Waals surface area contributed by atoms with Gasteiger partial charge in [0.15, 0.2) is 0 Å². The first-order valence-electron chi connectivity index (χ1n) is 2.83. The van der Waals surface area contributed by atoms with Crippen molar-refractivity contribution in [2.24, 2.45) is 0 Å². The van der Waals surface area contributed by atoms with E-state index in [4.69, 9.17) is 0 Å². The van der Waals surface area contributed by atoms with Gasteiger partial charge in [-0.1, -0.05) is 6.58 Å². The molecule has 0 bridgehead atoms. The lowest BCUT2D eigenvalue weighted by Crippen LogP contribution is -1.91. The second-order valence-electron chi connectivity index (χ2n) is 1.42. The molecule has 0 heterocycles. The standard InChI is InChI=1S/C4H6O2.C3H6O2/c1-3-4(5)6-2;1-3(4)5-2/h3H,1H2,2H3;1-2H3. The number of carbonyl (C=O) groups excluding carboxylic acids is 2. The van der Waals surface area contributed by atoms with Gasteiger partial charge in [-0.3, -0.25) is 4.79 Å². The van der Waals surface area contributed by atoms with Gasteiger partial charge >= 0.3 is 11.9 Å². The van der Waals surface area contributed by atoms with Crippen molar-refractivity contribution in [2.75, 3.05) is 14.2 Å². The summed E-state index contributed by atoms with van der Waals surface area (Å²) in [6.45, 7) is 4.52. The lowest BCUT2D eigenvalue weighted by molar-refractivity contribution is -0.138. The second kappa shape index (κ2) is 8.68. The monoisotopic (exact) mass is 160 g/mol. The summed E-state index contributed by atoms with van der Waals surface area (Å²) in [4.78, 5) is 19.4. The lowest BCUT2D eigenvalue weighted by atomic mass is 10.7. The van der Waals surface area contributed by atoms with E-state index in [-0.39, 0.29) is 5.97 Å². The third kappa shape index (κ3) is 17.7. The second-order valence-corrected chi connectivity index (χ2v) is 1.42. The molecule has 0 aliphatic heterocycles. The largest absolute Gasteiger partial charge is 0.469 e. The highest BCUT2D eigenvalue weighted by Crippen LogP contribution is 1.67. The molecule has 0 N–H and O–H groups in total. The number of hydrogen-bond acceptors (Lipinski definition) is 4. The SMILES string of the molecule is C=CC(=O)OC.COC(C)=O. The Labute approximate surface area is 65.8 Å². The molecule has 0 aromatic rings. The Morgan fingerprint density at radius 2 is 1.64 bits per heavy atom. The molecule has 0 aliphatic carbocycles. The van der Waals surface area contributed by atoms with Gasteiger partial charge in [0.2, 0.25) is 0 Å². The van der Waals surface area contributed by atoms with E-state index in [1.807, 2.05) is 0 Å². The number of rotatable bonds is 1. The molecule has 0 atom stereocenters. The van der Waals surface area contributed by atoms with Gasteiger partial charge in [-0.25, -0.2) is 4.79 Å². The van der Waals surface area contributed by atoms with Crippen molar-refractivity contribution >= 4 is 11.9 Å². The average molecular weight is 160 g/mol. The fourth-order valence-electron chi connectivity index (χ4n) is 0.0833. The zero-order valence-corrected chi connectivity index (χ0v) is 6.92. The zero-order valence-electron chi connectivity index (χ0n) is 6.92. The van der Waals surface area contributed by atoms with E-state index in [1.54, 1.807) is 0 Å². The molecule has 0 amide bonds. The topological polar surface area (TPSA) is 52.6 Å². The molecule has 0 fully saturated rings. The third-order valence-corrected chi connectivity index (χ3v) is 0.655. The summed E-state index contributed by atoms with van der Waals surface area (Å²) in [6.07, 6.45) is 1.11. The molecule has 0 unspecified atom stereocenters. The van der Waals surface area contributed by atoms with E-state index in [1.165, 1.54) is 21.1 Å². The van der Waals surface area contributed by atoms with Crippen molar-refractivity contribution in [3.63, 3.8) is 0 Å². The van der Waals surface area contributed by atoms with Crippen LogP contribution in [0.25, 0.3) is 0 Å². The highest BCUT2D eigenvalue weighted by atomic mass is 16.5. The quantitative estimate of drug-likeness (QED) is 0.414. The smallest absolute Gasteiger partial charge is 0.329 e. The first-order valence-corrected chi connectivity index (χ1v) is 2.83. The molecule has 0 aromatic carbocycles. The fraction of sp³-hybridized carbons (Fsp3) is 0.429. The van der Waals surface area contributed by atoms with Gasteiger partial charge < -0.3 is 9.47 Å². The molecule has 0 rings (SSSR count). The Hall–Kier alpha value is -1.32. The number of methoxy groups -OCH3 is 2. The van der Waals surface area contributed by atoms with Crippen molar-refractivity contribution in [2.45, 2.75) is 6.92 Å². The van der Waals surface area contributed by atoms with Crippen LogP contribution >= 0.6 is 0 Å². The highest BCUT2D eigenvalue weighted by molar-refractivity contribution is 5.80. The van der Waals surface area contributed by atoms with Crippen LogP contribution in [0.1, 0.15) is 6.92 Å². The Bertz CT molecular complexity index is 139. The van der Waals surface area contributed by atoms with E-state index in [9.17, 15) is 9.59 Å². The summed E-state index contributed by atoms with van der Waals surface area (Å²) in [5, 5.41) is 0. The van der Waals surface area contributed by atoms with E-state index in [0.29, 0.717) is 0 Å². The van der Waals surface area contributed by atoms with Crippen LogP contribution in [0, 0.1) is 0 Å². The van der Waals surface area contributed by atoms with Crippen molar-refractivity contribution in [1.29, 1.82) is 0 Å². The van der Waals surface area contributed by atoms with Crippen LogP contribution in [0.5, 0.6) is 0 Å². The van der Waals surface area contributed by atoms with E-state index < -0.39 is 5.97 Å². The molecule has 0 saturated heterocycles. The van der Waals surface area contributed by atoms with Crippen LogP contribution in [0.2, 0.25) is 0 Å². The van der Waals surface area contributed by atoms with Gasteiger partial charge in [-0.2, -0.15) is 0 Å². The van der Waals surface area contributed by atoms with Gasteiger partial charge in [0.05, 0.1) is 14.2 Å². The summed E-state index contributed by atoms with van der Waals surface area (Å²) < 4.78 is 8.25. The summed E-state index contributed by atoms with van der Waals surface area (Å²) in [5.74, 6) is -0.639. The van der Waals surface area contributed by atoms with Crippen molar-refractivity contribution in [1.82, 2.24) is 0 Å². The minimum absolute atomic E-state index is 0.245. The van der Waals surface area contributed by atoms with Crippen LogP contribution in [0.4, 0.5) is 0 Å². The number of hydrogen-bond donors (Lipinski definition) is 0. The Balaban J connectivity index is 0.